The normalized spacial score (nSPS) is 26.4. The average Bonchev–Trinajstić information content (AvgIpc) is 2.85. The van der Waals surface area contributed by atoms with Crippen molar-refractivity contribution in [2.45, 2.75) is 59.0 Å². The first kappa shape index (κ1) is 12.6. The van der Waals surface area contributed by atoms with Gasteiger partial charge in [-0.1, -0.05) is 13.3 Å². The first-order valence-electron chi connectivity index (χ1n) is 6.89. The second kappa shape index (κ2) is 5.21. The van der Waals surface area contributed by atoms with Crippen molar-refractivity contribution in [2.75, 3.05) is 0 Å². The third kappa shape index (κ3) is 2.89. The van der Waals surface area contributed by atoms with Crippen LogP contribution in [0.15, 0.2) is 6.07 Å². The molecule has 1 fully saturated rings. The summed E-state index contributed by atoms with van der Waals surface area (Å²) >= 11 is 0. The van der Waals surface area contributed by atoms with Crippen molar-refractivity contribution in [3.05, 3.63) is 17.5 Å². The molecule has 1 aromatic rings. The monoisotopic (exact) mass is 235 g/mol. The number of hydrogen-bond donors (Lipinski definition) is 1. The molecule has 1 aliphatic carbocycles. The van der Waals surface area contributed by atoms with Gasteiger partial charge in [0.05, 0.1) is 5.69 Å². The van der Waals surface area contributed by atoms with E-state index >= 15 is 0 Å². The molecule has 1 aliphatic rings. The zero-order valence-electron chi connectivity index (χ0n) is 11.3. The van der Waals surface area contributed by atoms with Crippen LogP contribution in [0.1, 0.15) is 44.5 Å². The summed E-state index contributed by atoms with van der Waals surface area (Å²) in [6.45, 7) is 7.47. The molecule has 0 bridgehead atoms. The number of rotatable bonds is 4. The molecule has 0 spiro atoms. The lowest BCUT2D eigenvalue weighted by molar-refractivity contribution is 0.406. The van der Waals surface area contributed by atoms with Crippen molar-refractivity contribution >= 4 is 0 Å². The van der Waals surface area contributed by atoms with Gasteiger partial charge in [0.2, 0.25) is 0 Å². The summed E-state index contributed by atoms with van der Waals surface area (Å²) in [6, 6.07) is 2.49. The van der Waals surface area contributed by atoms with Crippen molar-refractivity contribution in [3.63, 3.8) is 0 Å². The van der Waals surface area contributed by atoms with E-state index in [1.165, 1.54) is 25.0 Å². The van der Waals surface area contributed by atoms with E-state index in [0.717, 1.165) is 24.6 Å². The largest absolute Gasteiger partial charge is 0.327 e. The molecule has 1 heterocycles. The molecule has 2 N–H and O–H groups in total. The van der Waals surface area contributed by atoms with E-state index < -0.39 is 0 Å². The Morgan fingerprint density at radius 1 is 1.53 bits per heavy atom. The quantitative estimate of drug-likeness (QED) is 0.871. The second-order valence-corrected chi connectivity index (χ2v) is 5.64. The summed E-state index contributed by atoms with van der Waals surface area (Å²) in [5.74, 6) is 1.58. The summed E-state index contributed by atoms with van der Waals surface area (Å²) in [7, 11) is 0. The van der Waals surface area contributed by atoms with Gasteiger partial charge in [0.1, 0.15) is 0 Å². The van der Waals surface area contributed by atoms with E-state index in [-0.39, 0.29) is 0 Å². The Hall–Kier alpha value is -0.830. The van der Waals surface area contributed by atoms with Gasteiger partial charge >= 0.3 is 0 Å². The fraction of sp³-hybridized carbons (Fsp3) is 0.786. The van der Waals surface area contributed by atoms with Crippen molar-refractivity contribution in [3.8, 4) is 0 Å². The minimum atomic E-state index is 0.307. The summed E-state index contributed by atoms with van der Waals surface area (Å²) in [6.07, 6.45) is 4.94. The van der Waals surface area contributed by atoms with Gasteiger partial charge in [0.25, 0.3) is 0 Å². The van der Waals surface area contributed by atoms with Crippen LogP contribution in [0.5, 0.6) is 0 Å². The number of nitrogens with two attached hydrogens (primary N) is 1. The molecule has 0 saturated heterocycles. The van der Waals surface area contributed by atoms with Gasteiger partial charge in [-0.3, -0.25) is 4.68 Å². The molecule has 17 heavy (non-hydrogen) atoms. The molecule has 3 unspecified atom stereocenters. The van der Waals surface area contributed by atoms with Gasteiger partial charge in [-0.25, -0.2) is 0 Å². The van der Waals surface area contributed by atoms with Crippen molar-refractivity contribution < 1.29 is 0 Å². The molecule has 0 amide bonds. The summed E-state index contributed by atoms with van der Waals surface area (Å²) in [4.78, 5) is 0. The van der Waals surface area contributed by atoms with Crippen LogP contribution in [0.3, 0.4) is 0 Å². The molecule has 0 aliphatic heterocycles. The fourth-order valence-corrected chi connectivity index (χ4v) is 3.09. The van der Waals surface area contributed by atoms with Crippen LogP contribution in [0.25, 0.3) is 0 Å². The molecular formula is C14H25N3. The molecule has 3 heteroatoms. The molecule has 0 radical (unpaired) electrons. The van der Waals surface area contributed by atoms with Crippen LogP contribution in [0, 0.1) is 18.8 Å². The Morgan fingerprint density at radius 3 is 2.88 bits per heavy atom. The third-order valence-corrected chi connectivity index (χ3v) is 4.07. The van der Waals surface area contributed by atoms with E-state index in [0.29, 0.717) is 12.0 Å². The van der Waals surface area contributed by atoms with Gasteiger partial charge < -0.3 is 5.73 Å². The number of hydrogen-bond acceptors (Lipinski definition) is 2. The van der Waals surface area contributed by atoms with Crippen LogP contribution in [0.4, 0.5) is 0 Å². The van der Waals surface area contributed by atoms with E-state index in [2.05, 4.69) is 36.6 Å². The van der Waals surface area contributed by atoms with Gasteiger partial charge in [-0.05, 0) is 44.6 Å². The number of nitrogens with zero attached hydrogens (tertiary/aromatic N) is 2. The van der Waals surface area contributed by atoms with E-state index in [4.69, 9.17) is 5.73 Å². The Labute approximate surface area is 104 Å². The SMILES string of the molecule is CCn1nc(C)cc1CC(N)C1CCC(C)C1. The van der Waals surface area contributed by atoms with Crippen LogP contribution in [0.2, 0.25) is 0 Å². The van der Waals surface area contributed by atoms with Crippen LogP contribution >= 0.6 is 0 Å². The Morgan fingerprint density at radius 2 is 2.29 bits per heavy atom. The fourth-order valence-electron chi connectivity index (χ4n) is 3.09. The van der Waals surface area contributed by atoms with Crippen LogP contribution in [-0.2, 0) is 13.0 Å². The maximum Gasteiger partial charge on any atom is 0.0596 e. The highest BCUT2D eigenvalue weighted by Crippen LogP contribution is 2.32. The minimum Gasteiger partial charge on any atom is -0.327 e. The smallest absolute Gasteiger partial charge is 0.0596 e. The first-order valence-corrected chi connectivity index (χ1v) is 6.89. The van der Waals surface area contributed by atoms with Crippen LogP contribution in [-0.4, -0.2) is 15.8 Å². The molecule has 1 saturated carbocycles. The van der Waals surface area contributed by atoms with Gasteiger partial charge in [-0.2, -0.15) is 5.10 Å². The van der Waals surface area contributed by atoms with Gasteiger partial charge in [0, 0.05) is 24.7 Å². The van der Waals surface area contributed by atoms with Gasteiger partial charge in [-0.15, -0.1) is 0 Å². The molecule has 96 valence electrons. The Bertz CT molecular complexity index is 370. The number of aromatic nitrogens is 2. The average molecular weight is 235 g/mol. The lowest BCUT2D eigenvalue weighted by Gasteiger charge is -2.19. The highest BCUT2D eigenvalue weighted by molar-refractivity contribution is 5.10. The number of aryl methyl sites for hydroxylation is 2. The Balaban J connectivity index is 1.99. The lowest BCUT2D eigenvalue weighted by Crippen LogP contribution is -2.31. The second-order valence-electron chi connectivity index (χ2n) is 5.64. The highest BCUT2D eigenvalue weighted by Gasteiger charge is 2.27. The maximum absolute atomic E-state index is 6.36. The minimum absolute atomic E-state index is 0.307. The molecular weight excluding hydrogens is 210 g/mol. The van der Waals surface area contributed by atoms with E-state index in [9.17, 15) is 0 Å². The highest BCUT2D eigenvalue weighted by atomic mass is 15.3. The molecule has 0 aromatic carbocycles. The predicted molar refractivity (Wildman–Crippen MR) is 70.8 cm³/mol. The standard InChI is InChI=1S/C14H25N3/c1-4-17-13(8-11(3)16-17)9-14(15)12-6-5-10(2)7-12/h8,10,12,14H,4-7,9,15H2,1-3H3. The Kier molecular flexibility index (Phi) is 3.87. The van der Waals surface area contributed by atoms with E-state index in [1.807, 2.05) is 0 Å². The molecule has 3 atom stereocenters. The van der Waals surface area contributed by atoms with E-state index in [1.54, 1.807) is 0 Å². The maximum atomic E-state index is 6.36. The third-order valence-electron chi connectivity index (χ3n) is 4.07. The zero-order valence-corrected chi connectivity index (χ0v) is 11.3. The topological polar surface area (TPSA) is 43.8 Å². The van der Waals surface area contributed by atoms with Crippen LogP contribution < -0.4 is 5.73 Å². The summed E-state index contributed by atoms with van der Waals surface area (Å²) in [5.41, 5.74) is 8.77. The zero-order chi connectivity index (χ0) is 12.4. The summed E-state index contributed by atoms with van der Waals surface area (Å²) < 4.78 is 2.09. The molecule has 1 aromatic heterocycles. The molecule has 3 nitrogen and oxygen atoms in total. The van der Waals surface area contributed by atoms with Crippen molar-refractivity contribution in [2.24, 2.45) is 17.6 Å². The van der Waals surface area contributed by atoms with Gasteiger partial charge in [0.15, 0.2) is 0 Å². The summed E-state index contributed by atoms with van der Waals surface area (Å²) in [5, 5.41) is 4.48. The van der Waals surface area contributed by atoms with Crippen molar-refractivity contribution in [1.82, 2.24) is 9.78 Å². The first-order chi connectivity index (χ1) is 8.10. The molecule has 2 rings (SSSR count). The van der Waals surface area contributed by atoms with Crippen molar-refractivity contribution in [1.29, 1.82) is 0 Å². The lowest BCUT2D eigenvalue weighted by atomic mass is 9.94. The predicted octanol–water partition coefficient (Wildman–Crippen LogP) is 2.52.